The Labute approximate surface area is 135 Å². The molecular formula is C21H42. The van der Waals surface area contributed by atoms with E-state index in [-0.39, 0.29) is 0 Å². The molecule has 0 aromatic carbocycles. The van der Waals surface area contributed by atoms with Crippen molar-refractivity contribution < 1.29 is 0 Å². The average molecular weight is 295 g/mol. The molecule has 0 aliphatic rings. The molecule has 21 heavy (non-hydrogen) atoms. The average Bonchev–Trinajstić information content (AvgIpc) is 2.42. The summed E-state index contributed by atoms with van der Waals surface area (Å²) in [6.45, 7) is 19.1. The lowest BCUT2D eigenvalue weighted by molar-refractivity contribution is 0.194. The molecule has 0 aliphatic heterocycles. The molecule has 0 bridgehead atoms. The Balaban J connectivity index is 4.52. The first-order chi connectivity index (χ1) is 9.84. The van der Waals surface area contributed by atoms with Gasteiger partial charge in [0.05, 0.1) is 0 Å². The minimum absolute atomic E-state index is 0.807. The van der Waals surface area contributed by atoms with Crippen LogP contribution in [0.15, 0.2) is 12.2 Å². The molecule has 0 rings (SSSR count). The van der Waals surface area contributed by atoms with Crippen LogP contribution in [0, 0.1) is 35.5 Å². The van der Waals surface area contributed by atoms with Crippen LogP contribution in [-0.2, 0) is 0 Å². The van der Waals surface area contributed by atoms with E-state index in [2.05, 4.69) is 67.5 Å². The van der Waals surface area contributed by atoms with E-state index in [1.165, 1.54) is 32.1 Å². The lowest BCUT2D eigenvalue weighted by Crippen LogP contribution is -2.22. The molecule has 0 fully saturated rings. The summed E-state index contributed by atoms with van der Waals surface area (Å²) >= 11 is 0. The molecule has 0 aromatic heterocycles. The molecule has 0 nitrogen and oxygen atoms in total. The van der Waals surface area contributed by atoms with Gasteiger partial charge >= 0.3 is 0 Å². The van der Waals surface area contributed by atoms with Crippen LogP contribution in [0.25, 0.3) is 0 Å². The second kappa shape index (κ2) is 11.3. The van der Waals surface area contributed by atoms with Gasteiger partial charge in [0.2, 0.25) is 0 Å². The van der Waals surface area contributed by atoms with E-state index in [0.717, 1.165) is 35.5 Å². The molecule has 0 amide bonds. The second-order valence-electron chi connectivity index (χ2n) is 7.85. The highest BCUT2D eigenvalue weighted by Gasteiger charge is 2.24. The Kier molecular flexibility index (Phi) is 11.2. The maximum Gasteiger partial charge on any atom is -0.0322 e. The summed E-state index contributed by atoms with van der Waals surface area (Å²) in [5.74, 6) is 5.08. The molecule has 0 aliphatic carbocycles. The lowest BCUT2D eigenvalue weighted by atomic mass is 9.74. The van der Waals surface area contributed by atoms with Gasteiger partial charge in [0.25, 0.3) is 0 Å². The highest BCUT2D eigenvalue weighted by molar-refractivity contribution is 4.85. The Morgan fingerprint density at radius 2 is 1.38 bits per heavy atom. The van der Waals surface area contributed by atoms with Gasteiger partial charge in [0, 0.05) is 0 Å². The summed E-state index contributed by atoms with van der Waals surface area (Å²) in [4.78, 5) is 0. The van der Waals surface area contributed by atoms with Crippen LogP contribution >= 0.6 is 0 Å². The number of allylic oxidation sites excluding steroid dienone is 2. The topological polar surface area (TPSA) is 0 Å². The third-order valence-electron chi connectivity index (χ3n) is 5.69. The van der Waals surface area contributed by atoms with Crippen molar-refractivity contribution in [3.05, 3.63) is 12.2 Å². The molecule has 126 valence electrons. The minimum atomic E-state index is 0.807. The van der Waals surface area contributed by atoms with Crippen LogP contribution in [0.3, 0.4) is 0 Å². The van der Waals surface area contributed by atoms with Crippen molar-refractivity contribution in [2.24, 2.45) is 35.5 Å². The van der Waals surface area contributed by atoms with Crippen molar-refractivity contribution in [3.8, 4) is 0 Å². The summed E-state index contributed by atoms with van der Waals surface area (Å²) in [5.41, 5.74) is 0. The number of rotatable bonds is 11. The monoisotopic (exact) mass is 294 g/mol. The zero-order chi connectivity index (χ0) is 16.4. The smallest absolute Gasteiger partial charge is 0.0322 e. The summed E-state index contributed by atoms with van der Waals surface area (Å²) in [5, 5.41) is 0. The molecular weight excluding hydrogens is 252 g/mol. The van der Waals surface area contributed by atoms with Crippen LogP contribution < -0.4 is 0 Å². The fourth-order valence-electron chi connectivity index (χ4n) is 3.72. The van der Waals surface area contributed by atoms with Gasteiger partial charge < -0.3 is 0 Å². The SMILES string of the molecule is CCC=CCC(C)C(CCC(CC)C(C)C(C)C)C(C)C. The van der Waals surface area contributed by atoms with Gasteiger partial charge in [-0.25, -0.2) is 0 Å². The van der Waals surface area contributed by atoms with Gasteiger partial charge in [0.15, 0.2) is 0 Å². The zero-order valence-electron chi connectivity index (χ0n) is 16.2. The fourth-order valence-corrected chi connectivity index (χ4v) is 3.72. The van der Waals surface area contributed by atoms with Crippen LogP contribution in [0.4, 0.5) is 0 Å². The fraction of sp³-hybridized carbons (Fsp3) is 0.905. The van der Waals surface area contributed by atoms with E-state index in [1.807, 2.05) is 0 Å². The summed E-state index contributed by atoms with van der Waals surface area (Å²) < 4.78 is 0. The van der Waals surface area contributed by atoms with Gasteiger partial charge in [-0.15, -0.1) is 0 Å². The van der Waals surface area contributed by atoms with Crippen molar-refractivity contribution in [3.63, 3.8) is 0 Å². The van der Waals surface area contributed by atoms with Crippen molar-refractivity contribution in [2.75, 3.05) is 0 Å². The van der Waals surface area contributed by atoms with E-state index in [4.69, 9.17) is 0 Å². The molecule has 0 saturated carbocycles. The minimum Gasteiger partial charge on any atom is -0.0888 e. The maximum atomic E-state index is 2.46. The third kappa shape index (κ3) is 8.07. The molecule has 0 spiro atoms. The largest absolute Gasteiger partial charge is 0.0888 e. The highest BCUT2D eigenvalue weighted by Crippen LogP contribution is 2.34. The van der Waals surface area contributed by atoms with Crippen molar-refractivity contribution >= 4 is 0 Å². The van der Waals surface area contributed by atoms with Gasteiger partial charge in [-0.3, -0.25) is 0 Å². The van der Waals surface area contributed by atoms with Gasteiger partial charge in [0.1, 0.15) is 0 Å². The molecule has 0 aromatic rings. The molecule has 4 unspecified atom stereocenters. The van der Waals surface area contributed by atoms with E-state index in [0.29, 0.717) is 0 Å². The first kappa shape index (κ1) is 20.7. The number of hydrogen-bond acceptors (Lipinski definition) is 0. The van der Waals surface area contributed by atoms with Crippen LogP contribution in [0.5, 0.6) is 0 Å². The van der Waals surface area contributed by atoms with Gasteiger partial charge in [-0.05, 0) is 61.2 Å². The normalized spacial score (nSPS) is 18.4. The predicted molar refractivity (Wildman–Crippen MR) is 98.6 cm³/mol. The summed E-state index contributed by atoms with van der Waals surface area (Å²) in [6, 6.07) is 0. The van der Waals surface area contributed by atoms with E-state index in [9.17, 15) is 0 Å². The predicted octanol–water partition coefficient (Wildman–Crippen LogP) is 7.35. The van der Waals surface area contributed by atoms with Crippen molar-refractivity contribution in [2.45, 2.75) is 87.5 Å². The van der Waals surface area contributed by atoms with Crippen LogP contribution in [-0.4, -0.2) is 0 Å². The third-order valence-corrected chi connectivity index (χ3v) is 5.69. The van der Waals surface area contributed by atoms with Crippen LogP contribution in [0.2, 0.25) is 0 Å². The standard InChI is InChI=1S/C21H42/c1-9-11-12-13-18(7)21(17(5)6)15-14-20(10-2)19(8)16(3)4/h11-12,16-21H,9-10,13-15H2,1-8H3. The molecule has 0 heteroatoms. The van der Waals surface area contributed by atoms with E-state index < -0.39 is 0 Å². The number of hydrogen-bond donors (Lipinski definition) is 0. The van der Waals surface area contributed by atoms with Crippen molar-refractivity contribution in [1.29, 1.82) is 0 Å². The maximum absolute atomic E-state index is 2.46. The summed E-state index contributed by atoms with van der Waals surface area (Å²) in [6.07, 6.45) is 11.3. The zero-order valence-corrected chi connectivity index (χ0v) is 16.2. The Morgan fingerprint density at radius 1 is 0.762 bits per heavy atom. The van der Waals surface area contributed by atoms with Gasteiger partial charge in [-0.2, -0.15) is 0 Å². The van der Waals surface area contributed by atoms with Crippen LogP contribution in [0.1, 0.15) is 87.5 Å². The Hall–Kier alpha value is -0.260. The van der Waals surface area contributed by atoms with E-state index in [1.54, 1.807) is 0 Å². The first-order valence-electron chi connectivity index (χ1n) is 9.49. The molecule has 0 N–H and O–H groups in total. The molecule has 0 heterocycles. The quantitative estimate of drug-likeness (QED) is 0.349. The lowest BCUT2D eigenvalue weighted by Gasteiger charge is -2.31. The highest BCUT2D eigenvalue weighted by atomic mass is 14.3. The first-order valence-corrected chi connectivity index (χ1v) is 9.49. The Morgan fingerprint density at radius 3 is 1.81 bits per heavy atom. The second-order valence-corrected chi connectivity index (χ2v) is 7.85. The van der Waals surface area contributed by atoms with Crippen molar-refractivity contribution in [1.82, 2.24) is 0 Å². The molecule has 0 saturated heterocycles. The Bertz CT molecular complexity index is 261. The van der Waals surface area contributed by atoms with Gasteiger partial charge in [-0.1, -0.05) is 74.0 Å². The summed E-state index contributed by atoms with van der Waals surface area (Å²) in [7, 11) is 0. The molecule has 4 atom stereocenters. The van der Waals surface area contributed by atoms with E-state index >= 15 is 0 Å². The molecule has 0 radical (unpaired) electrons.